The van der Waals surface area contributed by atoms with E-state index in [1.165, 1.54) is 5.56 Å². The fraction of sp³-hybridized carbons (Fsp3) is 0.211. The van der Waals surface area contributed by atoms with E-state index in [0.717, 1.165) is 24.0 Å². The summed E-state index contributed by atoms with van der Waals surface area (Å²) in [5, 5.41) is 11.2. The predicted molar refractivity (Wildman–Crippen MR) is 97.9 cm³/mol. The first-order chi connectivity index (χ1) is 12.1. The Morgan fingerprint density at radius 2 is 1.84 bits per heavy atom. The molecule has 0 atom stereocenters. The van der Waals surface area contributed by atoms with Crippen molar-refractivity contribution >= 4 is 23.3 Å². The fourth-order valence-corrected chi connectivity index (χ4v) is 2.73. The van der Waals surface area contributed by atoms with Crippen LogP contribution in [0.3, 0.4) is 0 Å². The summed E-state index contributed by atoms with van der Waals surface area (Å²) in [5.41, 5.74) is 4.25. The van der Waals surface area contributed by atoms with Crippen LogP contribution in [0.5, 0.6) is 0 Å². The number of aryl methyl sites for hydroxylation is 2. The maximum Gasteiger partial charge on any atom is 0.256 e. The Morgan fingerprint density at radius 1 is 1.08 bits per heavy atom. The first-order valence-corrected chi connectivity index (χ1v) is 8.51. The second-order valence-electron chi connectivity index (χ2n) is 5.62. The van der Waals surface area contributed by atoms with E-state index < -0.39 is 0 Å². The standard InChI is InChI=1S/C19H18ClN3O2/c1-3-12-5-6-13(4-2)16(11-12)17-18(23-25-22-17)21-19(24)14-7-9-15(20)10-8-14/h5-11H,3-4H2,1-2H3,(H,21,23,24). The number of hydrogen-bond acceptors (Lipinski definition) is 4. The van der Waals surface area contributed by atoms with Gasteiger partial charge >= 0.3 is 0 Å². The van der Waals surface area contributed by atoms with E-state index in [-0.39, 0.29) is 5.91 Å². The van der Waals surface area contributed by atoms with Crippen molar-refractivity contribution in [3.8, 4) is 11.3 Å². The molecule has 0 radical (unpaired) electrons. The number of aromatic nitrogens is 2. The fourth-order valence-electron chi connectivity index (χ4n) is 2.60. The van der Waals surface area contributed by atoms with Crippen molar-refractivity contribution in [1.82, 2.24) is 10.3 Å². The molecule has 1 amide bonds. The lowest BCUT2D eigenvalue weighted by Crippen LogP contribution is -2.12. The molecule has 2 aromatic carbocycles. The van der Waals surface area contributed by atoms with Crippen LogP contribution < -0.4 is 5.32 Å². The number of carbonyl (C=O) groups is 1. The number of amides is 1. The molecule has 0 unspecified atom stereocenters. The first-order valence-electron chi connectivity index (χ1n) is 8.14. The Hall–Kier alpha value is -2.66. The molecule has 3 rings (SSSR count). The number of nitrogens with one attached hydrogen (secondary N) is 1. The Balaban J connectivity index is 1.93. The van der Waals surface area contributed by atoms with Gasteiger partial charge in [-0.15, -0.1) is 0 Å². The molecule has 1 heterocycles. The summed E-state index contributed by atoms with van der Waals surface area (Å²) in [6.07, 6.45) is 1.76. The molecule has 0 aliphatic heterocycles. The van der Waals surface area contributed by atoms with Gasteiger partial charge in [0.15, 0.2) is 5.69 Å². The van der Waals surface area contributed by atoms with Crippen molar-refractivity contribution in [2.24, 2.45) is 0 Å². The Labute approximate surface area is 151 Å². The van der Waals surface area contributed by atoms with Crippen LogP contribution >= 0.6 is 11.6 Å². The highest BCUT2D eigenvalue weighted by atomic mass is 35.5. The van der Waals surface area contributed by atoms with E-state index in [0.29, 0.717) is 22.1 Å². The molecule has 1 N–H and O–H groups in total. The monoisotopic (exact) mass is 355 g/mol. The number of carbonyl (C=O) groups excluding carboxylic acids is 1. The third-order valence-electron chi connectivity index (χ3n) is 4.05. The van der Waals surface area contributed by atoms with Crippen LogP contribution in [0.4, 0.5) is 5.82 Å². The van der Waals surface area contributed by atoms with Crippen LogP contribution in [-0.2, 0) is 12.8 Å². The van der Waals surface area contributed by atoms with Gasteiger partial charge in [-0.05, 0) is 64.6 Å². The zero-order valence-corrected chi connectivity index (χ0v) is 14.8. The highest BCUT2D eigenvalue weighted by Gasteiger charge is 2.18. The van der Waals surface area contributed by atoms with Gasteiger partial charge in [0.2, 0.25) is 5.82 Å². The van der Waals surface area contributed by atoms with Crippen LogP contribution in [0, 0.1) is 0 Å². The quantitative estimate of drug-likeness (QED) is 0.716. The third-order valence-corrected chi connectivity index (χ3v) is 4.30. The van der Waals surface area contributed by atoms with Gasteiger partial charge in [0.05, 0.1) is 0 Å². The van der Waals surface area contributed by atoms with Crippen molar-refractivity contribution in [2.75, 3.05) is 5.32 Å². The summed E-state index contributed by atoms with van der Waals surface area (Å²) in [6, 6.07) is 12.9. The highest BCUT2D eigenvalue weighted by Crippen LogP contribution is 2.29. The molecule has 5 nitrogen and oxygen atoms in total. The summed E-state index contributed by atoms with van der Waals surface area (Å²) >= 11 is 5.86. The first kappa shape index (κ1) is 17.2. The molecule has 0 aliphatic rings. The van der Waals surface area contributed by atoms with Crippen LogP contribution in [0.15, 0.2) is 47.1 Å². The van der Waals surface area contributed by atoms with Crippen molar-refractivity contribution < 1.29 is 9.42 Å². The minimum Gasteiger partial charge on any atom is -0.302 e. The molecule has 6 heteroatoms. The lowest BCUT2D eigenvalue weighted by atomic mass is 9.98. The van der Waals surface area contributed by atoms with Crippen LogP contribution in [0.1, 0.15) is 35.3 Å². The third kappa shape index (κ3) is 3.72. The van der Waals surface area contributed by atoms with E-state index >= 15 is 0 Å². The molecule has 3 aromatic rings. The number of hydrogen-bond donors (Lipinski definition) is 1. The number of rotatable bonds is 5. The maximum atomic E-state index is 12.4. The molecular formula is C19H18ClN3O2. The minimum absolute atomic E-state index is 0.293. The Morgan fingerprint density at radius 3 is 2.52 bits per heavy atom. The molecule has 0 aliphatic carbocycles. The normalized spacial score (nSPS) is 10.7. The predicted octanol–water partition coefficient (Wildman–Crippen LogP) is 4.77. The van der Waals surface area contributed by atoms with Gasteiger partial charge in [0.25, 0.3) is 5.91 Å². The van der Waals surface area contributed by atoms with Crippen LogP contribution in [-0.4, -0.2) is 16.2 Å². The Kier molecular flexibility index (Phi) is 5.14. The Bertz CT molecular complexity index is 888. The average Bonchev–Trinajstić information content (AvgIpc) is 3.09. The molecule has 0 fully saturated rings. The maximum absolute atomic E-state index is 12.4. The number of benzene rings is 2. The van der Waals surface area contributed by atoms with Crippen molar-refractivity contribution in [2.45, 2.75) is 26.7 Å². The number of nitrogens with zero attached hydrogens (tertiary/aromatic N) is 2. The zero-order valence-electron chi connectivity index (χ0n) is 14.0. The van der Waals surface area contributed by atoms with Crippen molar-refractivity contribution in [3.05, 3.63) is 64.2 Å². The SMILES string of the molecule is CCc1ccc(CC)c(-c2nonc2NC(=O)c2ccc(Cl)cc2)c1. The van der Waals surface area contributed by atoms with Gasteiger partial charge in [-0.3, -0.25) is 4.79 Å². The molecule has 0 saturated heterocycles. The molecule has 1 aromatic heterocycles. The lowest BCUT2D eigenvalue weighted by molar-refractivity contribution is 0.102. The molecule has 0 spiro atoms. The van der Waals surface area contributed by atoms with E-state index in [9.17, 15) is 4.79 Å². The van der Waals surface area contributed by atoms with Gasteiger partial charge in [0.1, 0.15) is 0 Å². The zero-order chi connectivity index (χ0) is 17.8. The average molecular weight is 356 g/mol. The van der Waals surface area contributed by atoms with E-state index in [1.54, 1.807) is 24.3 Å². The van der Waals surface area contributed by atoms with Gasteiger partial charge in [0, 0.05) is 16.1 Å². The van der Waals surface area contributed by atoms with Crippen LogP contribution in [0.25, 0.3) is 11.3 Å². The molecule has 25 heavy (non-hydrogen) atoms. The second-order valence-corrected chi connectivity index (χ2v) is 6.06. The summed E-state index contributed by atoms with van der Waals surface area (Å²) in [6.45, 7) is 4.17. The topological polar surface area (TPSA) is 68.0 Å². The summed E-state index contributed by atoms with van der Waals surface area (Å²) in [4.78, 5) is 12.4. The van der Waals surface area contributed by atoms with Gasteiger partial charge < -0.3 is 5.32 Å². The van der Waals surface area contributed by atoms with Crippen molar-refractivity contribution in [1.29, 1.82) is 0 Å². The smallest absolute Gasteiger partial charge is 0.256 e. The largest absolute Gasteiger partial charge is 0.302 e. The van der Waals surface area contributed by atoms with Gasteiger partial charge in [-0.1, -0.05) is 37.6 Å². The molecular weight excluding hydrogens is 338 g/mol. The van der Waals surface area contributed by atoms with Crippen LogP contribution in [0.2, 0.25) is 5.02 Å². The van der Waals surface area contributed by atoms with Crippen molar-refractivity contribution in [3.63, 3.8) is 0 Å². The molecule has 0 saturated carbocycles. The van der Waals surface area contributed by atoms with Gasteiger partial charge in [-0.25, -0.2) is 4.63 Å². The number of halogens is 1. The number of anilines is 1. The molecule has 128 valence electrons. The summed E-state index contributed by atoms with van der Waals surface area (Å²) < 4.78 is 4.89. The minimum atomic E-state index is -0.293. The summed E-state index contributed by atoms with van der Waals surface area (Å²) in [7, 11) is 0. The van der Waals surface area contributed by atoms with E-state index in [2.05, 4.69) is 47.7 Å². The van der Waals surface area contributed by atoms with E-state index in [4.69, 9.17) is 16.2 Å². The second kappa shape index (κ2) is 7.49. The summed E-state index contributed by atoms with van der Waals surface area (Å²) in [5.74, 6) is 0.0150. The lowest BCUT2D eigenvalue weighted by Gasteiger charge is -2.09. The molecule has 0 bridgehead atoms. The van der Waals surface area contributed by atoms with Gasteiger partial charge in [-0.2, -0.15) is 0 Å². The highest BCUT2D eigenvalue weighted by molar-refractivity contribution is 6.30. The van der Waals surface area contributed by atoms with E-state index in [1.807, 2.05) is 0 Å².